The number of anilines is 2. The summed E-state index contributed by atoms with van der Waals surface area (Å²) in [5, 5.41) is 11.2. The number of halogens is 1. The van der Waals surface area contributed by atoms with Gasteiger partial charge < -0.3 is 24.5 Å². The van der Waals surface area contributed by atoms with Crippen LogP contribution in [0.25, 0.3) is 0 Å². The number of thioether (sulfide) groups is 1. The molecule has 0 aromatic heterocycles. The van der Waals surface area contributed by atoms with E-state index in [1.165, 1.54) is 0 Å². The van der Waals surface area contributed by atoms with Gasteiger partial charge >= 0.3 is 0 Å². The van der Waals surface area contributed by atoms with Crippen molar-refractivity contribution in [1.82, 2.24) is 4.90 Å². The van der Waals surface area contributed by atoms with Crippen LogP contribution in [-0.4, -0.2) is 70.1 Å². The highest BCUT2D eigenvalue weighted by molar-refractivity contribution is 8.02. The van der Waals surface area contributed by atoms with Crippen molar-refractivity contribution in [3.8, 4) is 5.75 Å². The first-order valence-electron chi connectivity index (χ1n) is 17.1. The van der Waals surface area contributed by atoms with Gasteiger partial charge in [0.2, 0.25) is 11.8 Å². The van der Waals surface area contributed by atoms with Gasteiger partial charge in [0.25, 0.3) is 5.91 Å². The van der Waals surface area contributed by atoms with Crippen LogP contribution >= 0.6 is 23.4 Å². The zero-order chi connectivity index (χ0) is 35.7. The molecule has 262 valence electrons. The zero-order valence-electron chi connectivity index (χ0n) is 28.7. The van der Waals surface area contributed by atoms with Crippen LogP contribution in [0.3, 0.4) is 0 Å². The SMILES string of the molecule is C=CCN(C(=O)[C@@H]1[C@H]2C(=O)N([C@H](CO)c3ccccc3)C(C(=O)N(CC=C)c3c(C)cccc3Cl)C23S[C@@H]1CC3C)c1ccc(OCC)cc1. The lowest BCUT2D eigenvalue weighted by atomic mass is 9.65. The fourth-order valence-electron chi connectivity index (χ4n) is 8.44. The van der Waals surface area contributed by atoms with E-state index >= 15 is 9.59 Å². The Bertz CT molecular complexity index is 1750. The van der Waals surface area contributed by atoms with Gasteiger partial charge in [-0.1, -0.05) is 73.1 Å². The number of hydrogen-bond donors (Lipinski definition) is 1. The number of ether oxygens (including phenoxy) is 1. The number of aryl methyl sites for hydroxylation is 1. The first-order valence-corrected chi connectivity index (χ1v) is 18.4. The molecule has 7 atom stereocenters. The van der Waals surface area contributed by atoms with E-state index in [1.54, 1.807) is 44.7 Å². The summed E-state index contributed by atoms with van der Waals surface area (Å²) >= 11 is 8.37. The molecule has 8 nitrogen and oxygen atoms in total. The maximum absolute atomic E-state index is 15.3. The minimum Gasteiger partial charge on any atom is -0.494 e. The number of benzene rings is 3. The van der Waals surface area contributed by atoms with Gasteiger partial charge in [-0.3, -0.25) is 14.4 Å². The number of aliphatic hydroxyl groups excluding tert-OH is 1. The first-order chi connectivity index (χ1) is 24.1. The lowest BCUT2D eigenvalue weighted by molar-refractivity contribution is -0.142. The van der Waals surface area contributed by atoms with Crippen molar-refractivity contribution in [3.63, 3.8) is 0 Å². The molecule has 1 spiro atoms. The van der Waals surface area contributed by atoms with Crippen molar-refractivity contribution in [1.29, 1.82) is 0 Å². The van der Waals surface area contributed by atoms with Gasteiger partial charge in [0.05, 0.1) is 46.5 Å². The second-order valence-corrected chi connectivity index (χ2v) is 15.2. The van der Waals surface area contributed by atoms with E-state index in [4.69, 9.17) is 16.3 Å². The van der Waals surface area contributed by atoms with Gasteiger partial charge in [-0.05, 0) is 67.6 Å². The van der Waals surface area contributed by atoms with E-state index in [0.29, 0.717) is 40.7 Å². The Labute approximate surface area is 303 Å². The maximum atomic E-state index is 15.3. The summed E-state index contributed by atoms with van der Waals surface area (Å²) in [4.78, 5) is 50.3. The molecule has 2 bridgehead atoms. The van der Waals surface area contributed by atoms with E-state index in [-0.39, 0.29) is 42.0 Å². The molecule has 3 aliphatic rings. The normalized spacial score (nSPS) is 25.6. The Morgan fingerprint density at radius 2 is 1.72 bits per heavy atom. The quantitative estimate of drug-likeness (QED) is 0.195. The van der Waals surface area contributed by atoms with Gasteiger partial charge in [0, 0.05) is 24.0 Å². The van der Waals surface area contributed by atoms with Crippen LogP contribution in [-0.2, 0) is 14.4 Å². The van der Waals surface area contributed by atoms with Crippen molar-refractivity contribution < 1.29 is 24.2 Å². The lowest BCUT2D eigenvalue weighted by Gasteiger charge is -2.42. The molecule has 0 saturated carbocycles. The average Bonchev–Trinajstić information content (AvgIpc) is 3.71. The number of para-hydroxylation sites is 1. The lowest BCUT2D eigenvalue weighted by Crippen LogP contribution is -2.58. The molecule has 6 rings (SSSR count). The van der Waals surface area contributed by atoms with Crippen molar-refractivity contribution in [2.45, 2.75) is 49.3 Å². The van der Waals surface area contributed by atoms with E-state index < -0.39 is 35.3 Å². The van der Waals surface area contributed by atoms with E-state index in [9.17, 15) is 9.90 Å². The molecule has 3 aromatic carbocycles. The van der Waals surface area contributed by atoms with Crippen molar-refractivity contribution in [2.24, 2.45) is 17.8 Å². The van der Waals surface area contributed by atoms with Crippen LogP contribution < -0.4 is 14.5 Å². The molecule has 3 fully saturated rings. The van der Waals surface area contributed by atoms with Crippen LogP contribution in [0.2, 0.25) is 5.02 Å². The summed E-state index contributed by atoms with van der Waals surface area (Å²) in [7, 11) is 0. The fraction of sp³-hybridized carbons (Fsp3) is 0.375. The molecule has 50 heavy (non-hydrogen) atoms. The van der Waals surface area contributed by atoms with Crippen LogP contribution in [0.4, 0.5) is 11.4 Å². The maximum Gasteiger partial charge on any atom is 0.251 e. The monoisotopic (exact) mass is 713 g/mol. The van der Waals surface area contributed by atoms with Gasteiger partial charge in [0.15, 0.2) is 0 Å². The van der Waals surface area contributed by atoms with Crippen molar-refractivity contribution >= 4 is 52.5 Å². The summed E-state index contributed by atoms with van der Waals surface area (Å²) < 4.78 is 4.70. The summed E-state index contributed by atoms with van der Waals surface area (Å²) in [6, 6.07) is 20.3. The minimum absolute atomic E-state index is 0.0826. The minimum atomic E-state index is -0.992. The molecule has 3 aromatic rings. The van der Waals surface area contributed by atoms with Crippen LogP contribution in [0.5, 0.6) is 5.75 Å². The van der Waals surface area contributed by atoms with Crippen molar-refractivity contribution in [3.05, 3.63) is 114 Å². The zero-order valence-corrected chi connectivity index (χ0v) is 30.3. The van der Waals surface area contributed by atoms with Crippen LogP contribution in [0.15, 0.2) is 98.1 Å². The van der Waals surface area contributed by atoms with E-state index in [0.717, 1.165) is 5.56 Å². The highest BCUT2D eigenvalue weighted by Gasteiger charge is 2.77. The van der Waals surface area contributed by atoms with Crippen LogP contribution in [0, 0.1) is 24.7 Å². The predicted molar refractivity (Wildman–Crippen MR) is 201 cm³/mol. The number of amides is 3. The van der Waals surface area contributed by atoms with Crippen molar-refractivity contribution in [2.75, 3.05) is 36.1 Å². The van der Waals surface area contributed by atoms with E-state index in [1.807, 2.05) is 80.6 Å². The Balaban J connectivity index is 1.49. The molecule has 3 saturated heterocycles. The molecule has 3 amide bonds. The third-order valence-corrected chi connectivity index (χ3v) is 12.8. The highest BCUT2D eigenvalue weighted by atomic mass is 35.5. The van der Waals surface area contributed by atoms with Gasteiger partial charge in [-0.15, -0.1) is 24.9 Å². The summed E-state index contributed by atoms with van der Waals surface area (Å²) in [6.45, 7) is 14.3. The number of aliphatic hydroxyl groups is 1. The average molecular weight is 714 g/mol. The molecule has 3 heterocycles. The first kappa shape index (κ1) is 35.8. The predicted octanol–water partition coefficient (Wildman–Crippen LogP) is 6.86. The molecular weight excluding hydrogens is 670 g/mol. The Morgan fingerprint density at radius 1 is 1.04 bits per heavy atom. The molecule has 10 heteroatoms. The topological polar surface area (TPSA) is 90.4 Å². The summed E-state index contributed by atoms with van der Waals surface area (Å²) in [5.41, 5.74) is 2.74. The number of fused-ring (bicyclic) bond motifs is 1. The number of hydrogen-bond acceptors (Lipinski definition) is 6. The number of nitrogens with zero attached hydrogens (tertiary/aromatic N) is 3. The number of carbonyl (C=O) groups is 3. The van der Waals surface area contributed by atoms with Gasteiger partial charge in [-0.25, -0.2) is 0 Å². The summed E-state index contributed by atoms with van der Waals surface area (Å²) in [6.07, 6.45) is 3.99. The second-order valence-electron chi connectivity index (χ2n) is 13.2. The smallest absolute Gasteiger partial charge is 0.251 e. The second kappa shape index (κ2) is 14.7. The Kier molecular flexibility index (Phi) is 10.5. The number of carbonyl (C=O) groups excluding carboxylic acids is 3. The molecule has 3 unspecified atom stereocenters. The third kappa shape index (κ3) is 5.83. The Morgan fingerprint density at radius 3 is 2.34 bits per heavy atom. The van der Waals surface area contributed by atoms with Gasteiger partial charge in [-0.2, -0.15) is 0 Å². The molecule has 0 radical (unpaired) electrons. The number of rotatable bonds is 13. The standard InChI is InChI=1S/C40H44ClN3O5S/c1-6-21-42(28-17-19-29(20-18-28)49-8-3)37(46)33-32-23-26(5)40(50-32)34(33)38(47)44(31(24-45)27-14-10-9-11-15-27)36(40)39(48)43(22-7-2)35-25(4)13-12-16-30(35)41/h6-7,9-20,26,31-34,36,45H,1-2,8,21-24H2,3-5H3/t26?,31-,32-,33+,34+,36?,40?/m1/s1. The largest absolute Gasteiger partial charge is 0.494 e. The fourth-order valence-corrected chi connectivity index (χ4v) is 11.2. The van der Waals surface area contributed by atoms with Crippen LogP contribution in [0.1, 0.15) is 37.4 Å². The molecular formula is C40H44ClN3O5S. The molecule has 1 N–H and O–H groups in total. The molecule has 0 aliphatic carbocycles. The highest BCUT2D eigenvalue weighted by Crippen LogP contribution is 2.69. The third-order valence-electron chi connectivity index (χ3n) is 10.5. The number of likely N-dealkylation sites (tertiary alicyclic amines) is 1. The summed E-state index contributed by atoms with van der Waals surface area (Å²) in [5.74, 6) is -1.67. The van der Waals surface area contributed by atoms with E-state index in [2.05, 4.69) is 20.1 Å². The molecule has 3 aliphatic heterocycles. The van der Waals surface area contributed by atoms with Gasteiger partial charge in [0.1, 0.15) is 11.8 Å². The Hall–Kier alpha value is -4.05.